The minimum absolute atomic E-state index is 0.00218. The van der Waals surface area contributed by atoms with E-state index in [9.17, 15) is 19.1 Å². The van der Waals surface area contributed by atoms with E-state index in [2.05, 4.69) is 4.98 Å². The molecule has 0 saturated carbocycles. The molecule has 34 heavy (non-hydrogen) atoms. The van der Waals surface area contributed by atoms with Gasteiger partial charge in [-0.3, -0.25) is 14.6 Å². The Morgan fingerprint density at radius 3 is 2.59 bits per heavy atom. The van der Waals surface area contributed by atoms with E-state index in [1.807, 2.05) is 11.9 Å². The van der Waals surface area contributed by atoms with Crippen molar-refractivity contribution in [1.29, 1.82) is 0 Å². The van der Waals surface area contributed by atoms with E-state index >= 15 is 0 Å². The van der Waals surface area contributed by atoms with Gasteiger partial charge in [-0.1, -0.05) is 12.1 Å². The molecule has 2 aliphatic heterocycles. The van der Waals surface area contributed by atoms with Crippen molar-refractivity contribution in [2.75, 3.05) is 25.1 Å². The molecule has 0 spiro atoms. The zero-order chi connectivity index (χ0) is 23.8. The Morgan fingerprint density at radius 2 is 1.85 bits per heavy atom. The zero-order valence-corrected chi connectivity index (χ0v) is 18.4. The number of hydrogen-bond donors (Lipinski definition) is 1. The Balaban J connectivity index is 1.62. The number of hydrogen-bond acceptors (Lipinski definition) is 6. The van der Waals surface area contributed by atoms with E-state index in [4.69, 9.17) is 4.74 Å². The third-order valence-corrected chi connectivity index (χ3v) is 6.16. The Morgan fingerprint density at radius 1 is 1.12 bits per heavy atom. The zero-order valence-electron chi connectivity index (χ0n) is 18.4. The summed E-state index contributed by atoms with van der Waals surface area (Å²) in [5.74, 6) is -1.47. The van der Waals surface area contributed by atoms with Gasteiger partial charge in [-0.05, 0) is 53.6 Å². The number of anilines is 1. The Labute approximate surface area is 195 Å². The summed E-state index contributed by atoms with van der Waals surface area (Å²) >= 11 is 0. The standard InChI is InChI=1S/C26H22FN3O4/c1-29-12-13-34-21-7-4-18(14-20(21)29)24(31)22-23(17-8-10-28-11-9-17)30(26(33)25(22)32)15-16-2-5-19(27)6-3-16/h2-11,14,23,31H,12-13,15H2,1H3/b24-22-. The number of likely N-dealkylation sites (tertiary alicyclic amines) is 1. The number of amides is 1. The van der Waals surface area contributed by atoms with Crippen molar-refractivity contribution >= 4 is 23.1 Å². The quantitative estimate of drug-likeness (QED) is 0.364. The fourth-order valence-corrected chi connectivity index (χ4v) is 4.38. The molecule has 1 N–H and O–H groups in total. The monoisotopic (exact) mass is 459 g/mol. The molecule has 172 valence electrons. The van der Waals surface area contributed by atoms with Gasteiger partial charge in [-0.2, -0.15) is 0 Å². The molecular weight excluding hydrogens is 437 g/mol. The lowest BCUT2D eigenvalue weighted by molar-refractivity contribution is -0.140. The van der Waals surface area contributed by atoms with Crippen molar-refractivity contribution in [2.45, 2.75) is 12.6 Å². The number of halogens is 1. The smallest absolute Gasteiger partial charge is 0.295 e. The fraction of sp³-hybridized carbons (Fsp3) is 0.192. The molecule has 0 aliphatic carbocycles. The number of pyridine rings is 1. The number of rotatable bonds is 4. The molecule has 3 aromatic rings. The van der Waals surface area contributed by atoms with E-state index < -0.39 is 23.5 Å². The van der Waals surface area contributed by atoms with Crippen LogP contribution in [0, 0.1) is 5.82 Å². The lowest BCUT2D eigenvalue weighted by atomic mass is 9.95. The average Bonchev–Trinajstić information content (AvgIpc) is 3.10. The molecule has 1 saturated heterocycles. The van der Waals surface area contributed by atoms with Gasteiger partial charge in [0.1, 0.15) is 23.9 Å². The van der Waals surface area contributed by atoms with Crippen molar-refractivity contribution in [3.63, 3.8) is 0 Å². The van der Waals surface area contributed by atoms with E-state index in [0.717, 1.165) is 5.69 Å². The number of aromatic nitrogens is 1. The van der Waals surface area contributed by atoms with E-state index in [1.54, 1.807) is 54.9 Å². The highest BCUT2D eigenvalue weighted by molar-refractivity contribution is 6.46. The predicted octanol–water partition coefficient (Wildman–Crippen LogP) is 3.67. The van der Waals surface area contributed by atoms with E-state index in [-0.39, 0.29) is 17.9 Å². The first-order valence-corrected chi connectivity index (χ1v) is 10.8. The second-order valence-electron chi connectivity index (χ2n) is 8.29. The van der Waals surface area contributed by atoms with Crippen LogP contribution in [-0.4, -0.2) is 46.9 Å². The van der Waals surface area contributed by atoms with Crippen LogP contribution in [0.25, 0.3) is 5.76 Å². The summed E-state index contributed by atoms with van der Waals surface area (Å²) in [6, 6.07) is 13.5. The van der Waals surface area contributed by atoms with Crippen LogP contribution in [-0.2, 0) is 16.1 Å². The van der Waals surface area contributed by atoms with Crippen LogP contribution in [0.1, 0.15) is 22.7 Å². The topological polar surface area (TPSA) is 83.0 Å². The second-order valence-corrected chi connectivity index (χ2v) is 8.29. The maximum Gasteiger partial charge on any atom is 0.295 e. The molecule has 0 bridgehead atoms. The van der Waals surface area contributed by atoms with Gasteiger partial charge < -0.3 is 19.6 Å². The highest BCUT2D eigenvalue weighted by Gasteiger charge is 2.46. The number of Topliss-reactive ketones (excluding diaryl/α,β-unsaturated/α-hetero) is 1. The van der Waals surface area contributed by atoms with E-state index in [1.165, 1.54) is 17.0 Å². The van der Waals surface area contributed by atoms with Gasteiger partial charge in [0.15, 0.2) is 0 Å². The molecule has 2 aromatic carbocycles. The number of ether oxygens (including phenoxy) is 1. The van der Waals surface area contributed by atoms with Crippen LogP contribution >= 0.6 is 0 Å². The van der Waals surface area contributed by atoms with Crippen molar-refractivity contribution in [2.24, 2.45) is 0 Å². The summed E-state index contributed by atoms with van der Waals surface area (Å²) in [7, 11) is 1.92. The summed E-state index contributed by atoms with van der Waals surface area (Å²) in [6.45, 7) is 1.33. The van der Waals surface area contributed by atoms with Crippen molar-refractivity contribution < 1.29 is 23.8 Å². The molecule has 3 heterocycles. The first-order chi connectivity index (χ1) is 16.4. The summed E-state index contributed by atoms with van der Waals surface area (Å²) < 4.78 is 19.1. The molecule has 5 rings (SSSR count). The minimum Gasteiger partial charge on any atom is -0.507 e. The summed E-state index contributed by atoms with van der Waals surface area (Å²) in [4.78, 5) is 33.7. The van der Waals surface area contributed by atoms with Gasteiger partial charge in [0.2, 0.25) is 0 Å². The highest BCUT2D eigenvalue weighted by atomic mass is 19.1. The third kappa shape index (κ3) is 3.77. The van der Waals surface area contributed by atoms with Crippen LogP contribution in [0.15, 0.2) is 72.6 Å². The molecule has 1 aromatic heterocycles. The van der Waals surface area contributed by atoms with Crippen LogP contribution in [0.5, 0.6) is 5.75 Å². The molecule has 8 heteroatoms. The van der Waals surface area contributed by atoms with Gasteiger partial charge in [0.05, 0.1) is 23.8 Å². The molecule has 1 unspecified atom stereocenters. The number of aliphatic hydroxyl groups is 1. The van der Waals surface area contributed by atoms with Crippen LogP contribution in [0.4, 0.5) is 10.1 Å². The largest absolute Gasteiger partial charge is 0.507 e. The van der Waals surface area contributed by atoms with Crippen molar-refractivity contribution in [1.82, 2.24) is 9.88 Å². The van der Waals surface area contributed by atoms with Gasteiger partial charge in [0.25, 0.3) is 11.7 Å². The molecule has 1 fully saturated rings. The summed E-state index contributed by atoms with van der Waals surface area (Å²) in [5.41, 5.74) is 2.50. The Bertz CT molecular complexity index is 1290. The molecule has 1 amide bonds. The lowest BCUT2D eigenvalue weighted by Gasteiger charge is -2.28. The molecule has 7 nitrogen and oxygen atoms in total. The van der Waals surface area contributed by atoms with Crippen LogP contribution in [0.2, 0.25) is 0 Å². The predicted molar refractivity (Wildman–Crippen MR) is 124 cm³/mol. The maximum atomic E-state index is 13.4. The first-order valence-electron chi connectivity index (χ1n) is 10.8. The summed E-state index contributed by atoms with van der Waals surface area (Å²) in [5, 5.41) is 11.3. The second kappa shape index (κ2) is 8.62. The average molecular weight is 459 g/mol. The number of fused-ring (bicyclic) bond motifs is 1. The highest BCUT2D eigenvalue weighted by Crippen LogP contribution is 2.41. The van der Waals surface area contributed by atoms with Gasteiger partial charge >= 0.3 is 0 Å². The molecule has 0 radical (unpaired) electrons. The SMILES string of the molecule is CN1CCOc2ccc(/C(O)=C3/C(=O)C(=O)N(Cc4ccc(F)cc4)C3c3ccncc3)cc21. The van der Waals surface area contributed by atoms with Gasteiger partial charge in [-0.15, -0.1) is 0 Å². The van der Waals surface area contributed by atoms with Crippen LogP contribution < -0.4 is 9.64 Å². The molecule has 2 aliphatic rings. The molecular formula is C26H22FN3O4. The van der Waals surface area contributed by atoms with Gasteiger partial charge in [-0.25, -0.2) is 4.39 Å². The number of carbonyl (C=O) groups excluding carboxylic acids is 2. The third-order valence-electron chi connectivity index (χ3n) is 6.16. The number of ketones is 1. The minimum atomic E-state index is -0.821. The maximum absolute atomic E-state index is 13.4. The fourth-order valence-electron chi connectivity index (χ4n) is 4.38. The summed E-state index contributed by atoms with van der Waals surface area (Å²) in [6.07, 6.45) is 3.14. The van der Waals surface area contributed by atoms with Crippen molar-refractivity contribution in [3.8, 4) is 5.75 Å². The number of benzene rings is 2. The normalized spacial score (nSPS) is 19.2. The lowest BCUT2D eigenvalue weighted by Crippen LogP contribution is -2.29. The first kappa shape index (κ1) is 21.6. The molecule has 1 atom stereocenters. The van der Waals surface area contributed by atoms with Crippen LogP contribution in [0.3, 0.4) is 0 Å². The number of carbonyl (C=O) groups is 2. The van der Waals surface area contributed by atoms with Gasteiger partial charge in [0, 0.05) is 31.5 Å². The Kier molecular flexibility index (Phi) is 5.49. The van der Waals surface area contributed by atoms with Crippen molar-refractivity contribution in [3.05, 3.63) is 95.1 Å². The van der Waals surface area contributed by atoms with E-state index in [0.29, 0.717) is 35.6 Å². The Hall–Kier alpha value is -4.20. The number of aliphatic hydroxyl groups excluding tert-OH is 1. The number of nitrogens with zero attached hydrogens (tertiary/aromatic N) is 3. The number of likely N-dealkylation sites (N-methyl/N-ethyl adjacent to an activating group) is 1.